The Labute approximate surface area is 103 Å². The fraction of sp³-hybridized carbons (Fsp3) is 0.923. The van der Waals surface area contributed by atoms with Gasteiger partial charge in [0.2, 0.25) is 0 Å². The SMILES string of the molecule is CCOC(=O)C(N)(CN(C)CC1CC1)C1CC1. The van der Waals surface area contributed by atoms with Gasteiger partial charge in [-0.25, -0.2) is 4.79 Å². The van der Waals surface area contributed by atoms with Gasteiger partial charge < -0.3 is 15.4 Å². The molecule has 2 saturated carbocycles. The number of hydrogen-bond donors (Lipinski definition) is 1. The van der Waals surface area contributed by atoms with Crippen LogP contribution in [0.15, 0.2) is 0 Å². The van der Waals surface area contributed by atoms with Gasteiger partial charge in [-0.05, 0) is 51.5 Å². The quantitative estimate of drug-likeness (QED) is 0.674. The monoisotopic (exact) mass is 240 g/mol. The smallest absolute Gasteiger partial charge is 0.327 e. The van der Waals surface area contributed by atoms with Gasteiger partial charge >= 0.3 is 5.97 Å². The molecular formula is C13H24N2O2. The Morgan fingerprint density at radius 3 is 2.53 bits per heavy atom. The molecule has 1 unspecified atom stereocenters. The molecule has 2 fully saturated rings. The first-order chi connectivity index (χ1) is 8.06. The fourth-order valence-electron chi connectivity index (χ4n) is 2.48. The van der Waals surface area contributed by atoms with Crippen molar-refractivity contribution in [2.75, 3.05) is 26.7 Å². The van der Waals surface area contributed by atoms with Crippen LogP contribution in [0.1, 0.15) is 32.6 Å². The van der Waals surface area contributed by atoms with Crippen molar-refractivity contribution in [1.82, 2.24) is 4.90 Å². The molecule has 2 rings (SSSR count). The summed E-state index contributed by atoms with van der Waals surface area (Å²) in [5.74, 6) is 0.930. The molecule has 0 aliphatic heterocycles. The van der Waals surface area contributed by atoms with E-state index < -0.39 is 5.54 Å². The molecule has 1 atom stereocenters. The van der Waals surface area contributed by atoms with Crippen molar-refractivity contribution in [2.24, 2.45) is 17.6 Å². The van der Waals surface area contributed by atoms with Gasteiger partial charge in [-0.3, -0.25) is 0 Å². The van der Waals surface area contributed by atoms with Crippen LogP contribution in [0.3, 0.4) is 0 Å². The lowest BCUT2D eigenvalue weighted by atomic mass is 9.94. The number of nitrogens with zero attached hydrogens (tertiary/aromatic N) is 1. The highest BCUT2D eigenvalue weighted by Gasteiger charge is 2.49. The van der Waals surface area contributed by atoms with E-state index >= 15 is 0 Å². The Morgan fingerprint density at radius 2 is 2.06 bits per heavy atom. The van der Waals surface area contributed by atoms with Crippen molar-refractivity contribution in [1.29, 1.82) is 0 Å². The fourth-order valence-corrected chi connectivity index (χ4v) is 2.48. The van der Waals surface area contributed by atoms with Crippen LogP contribution in [0.25, 0.3) is 0 Å². The summed E-state index contributed by atoms with van der Waals surface area (Å²) in [4.78, 5) is 14.2. The molecule has 0 radical (unpaired) electrons. The maximum atomic E-state index is 12.0. The van der Waals surface area contributed by atoms with E-state index in [4.69, 9.17) is 10.5 Å². The van der Waals surface area contributed by atoms with Gasteiger partial charge in [0.25, 0.3) is 0 Å². The zero-order chi connectivity index (χ0) is 12.5. The molecule has 0 spiro atoms. The molecule has 2 aliphatic rings. The van der Waals surface area contributed by atoms with Gasteiger partial charge in [0, 0.05) is 13.1 Å². The summed E-state index contributed by atoms with van der Waals surface area (Å²) in [6.07, 6.45) is 4.77. The summed E-state index contributed by atoms with van der Waals surface area (Å²) < 4.78 is 5.14. The first kappa shape index (κ1) is 12.8. The molecular weight excluding hydrogens is 216 g/mol. The number of hydrogen-bond acceptors (Lipinski definition) is 4. The van der Waals surface area contributed by atoms with Crippen LogP contribution in [0.2, 0.25) is 0 Å². The van der Waals surface area contributed by atoms with Crippen LogP contribution in [0.5, 0.6) is 0 Å². The highest BCUT2D eigenvalue weighted by molar-refractivity contribution is 5.82. The highest BCUT2D eigenvalue weighted by atomic mass is 16.5. The van der Waals surface area contributed by atoms with Gasteiger partial charge in [0.05, 0.1) is 6.61 Å². The van der Waals surface area contributed by atoms with Crippen molar-refractivity contribution >= 4 is 5.97 Å². The van der Waals surface area contributed by atoms with E-state index in [1.807, 2.05) is 6.92 Å². The summed E-state index contributed by atoms with van der Waals surface area (Å²) in [6.45, 7) is 3.94. The Hall–Kier alpha value is -0.610. The summed E-state index contributed by atoms with van der Waals surface area (Å²) in [7, 11) is 2.06. The third-order valence-corrected chi connectivity index (χ3v) is 3.76. The predicted octanol–water partition coefficient (Wildman–Crippen LogP) is 0.999. The van der Waals surface area contributed by atoms with E-state index in [-0.39, 0.29) is 5.97 Å². The summed E-state index contributed by atoms with van der Waals surface area (Å²) in [5, 5.41) is 0. The Kier molecular flexibility index (Phi) is 3.73. The minimum absolute atomic E-state index is 0.217. The first-order valence-electron chi connectivity index (χ1n) is 6.71. The largest absolute Gasteiger partial charge is 0.465 e. The van der Waals surface area contributed by atoms with E-state index in [0.717, 1.165) is 25.3 Å². The van der Waals surface area contributed by atoms with Crippen molar-refractivity contribution in [3.8, 4) is 0 Å². The molecule has 4 nitrogen and oxygen atoms in total. The van der Waals surface area contributed by atoms with Crippen molar-refractivity contribution < 1.29 is 9.53 Å². The highest BCUT2D eigenvalue weighted by Crippen LogP contribution is 2.40. The molecule has 0 aromatic heterocycles. The summed E-state index contributed by atoms with van der Waals surface area (Å²) >= 11 is 0. The molecule has 0 saturated heterocycles. The number of likely N-dealkylation sites (N-methyl/N-ethyl adjacent to an activating group) is 1. The Balaban J connectivity index is 1.92. The van der Waals surface area contributed by atoms with E-state index in [2.05, 4.69) is 11.9 Å². The normalized spacial score (nSPS) is 23.5. The third kappa shape index (κ3) is 3.19. The molecule has 0 heterocycles. The van der Waals surface area contributed by atoms with Crippen molar-refractivity contribution in [3.05, 3.63) is 0 Å². The lowest BCUT2D eigenvalue weighted by Crippen LogP contribution is -2.58. The predicted molar refractivity (Wildman–Crippen MR) is 66.5 cm³/mol. The molecule has 0 amide bonds. The number of esters is 1. The lowest BCUT2D eigenvalue weighted by molar-refractivity contribution is -0.151. The topological polar surface area (TPSA) is 55.6 Å². The zero-order valence-corrected chi connectivity index (χ0v) is 10.9. The number of ether oxygens (including phenoxy) is 1. The first-order valence-corrected chi connectivity index (χ1v) is 6.71. The molecule has 0 aromatic carbocycles. The standard InChI is InChI=1S/C13H24N2O2/c1-3-17-12(16)13(14,11-6-7-11)9-15(2)8-10-4-5-10/h10-11H,3-9,14H2,1-2H3. The van der Waals surface area contributed by atoms with Crippen LogP contribution in [-0.2, 0) is 9.53 Å². The Bertz CT molecular complexity index is 287. The van der Waals surface area contributed by atoms with Crippen LogP contribution in [0, 0.1) is 11.8 Å². The van der Waals surface area contributed by atoms with Gasteiger partial charge in [-0.15, -0.1) is 0 Å². The zero-order valence-electron chi connectivity index (χ0n) is 10.9. The average molecular weight is 240 g/mol. The van der Waals surface area contributed by atoms with Crippen LogP contribution in [-0.4, -0.2) is 43.2 Å². The van der Waals surface area contributed by atoms with Gasteiger partial charge in [0.15, 0.2) is 0 Å². The van der Waals surface area contributed by atoms with Crippen molar-refractivity contribution in [2.45, 2.75) is 38.1 Å². The lowest BCUT2D eigenvalue weighted by Gasteiger charge is -2.31. The molecule has 2 aliphatic carbocycles. The summed E-state index contributed by atoms with van der Waals surface area (Å²) in [5.41, 5.74) is 5.54. The van der Waals surface area contributed by atoms with Gasteiger partial charge in [-0.1, -0.05) is 0 Å². The molecule has 98 valence electrons. The second-order valence-electron chi connectivity index (χ2n) is 5.68. The van der Waals surface area contributed by atoms with Crippen LogP contribution >= 0.6 is 0 Å². The second-order valence-corrected chi connectivity index (χ2v) is 5.68. The maximum Gasteiger partial charge on any atom is 0.327 e. The molecule has 4 heteroatoms. The minimum Gasteiger partial charge on any atom is -0.465 e. The van der Waals surface area contributed by atoms with Gasteiger partial charge in [0.1, 0.15) is 5.54 Å². The number of rotatable bonds is 7. The van der Waals surface area contributed by atoms with E-state index in [9.17, 15) is 4.79 Å². The second kappa shape index (κ2) is 4.94. The van der Waals surface area contributed by atoms with Gasteiger partial charge in [-0.2, -0.15) is 0 Å². The molecule has 17 heavy (non-hydrogen) atoms. The average Bonchev–Trinajstić information content (AvgIpc) is 3.11. The van der Waals surface area contributed by atoms with Crippen LogP contribution < -0.4 is 5.73 Å². The third-order valence-electron chi connectivity index (χ3n) is 3.76. The molecule has 0 aromatic rings. The number of nitrogens with two attached hydrogens (primary N) is 1. The van der Waals surface area contributed by atoms with Crippen LogP contribution in [0.4, 0.5) is 0 Å². The number of carbonyl (C=O) groups is 1. The van der Waals surface area contributed by atoms with E-state index in [1.165, 1.54) is 12.8 Å². The Morgan fingerprint density at radius 1 is 1.41 bits per heavy atom. The molecule has 2 N–H and O–H groups in total. The van der Waals surface area contributed by atoms with Crippen molar-refractivity contribution in [3.63, 3.8) is 0 Å². The van der Waals surface area contributed by atoms with E-state index in [0.29, 0.717) is 19.1 Å². The summed E-state index contributed by atoms with van der Waals surface area (Å²) in [6, 6.07) is 0. The molecule has 0 bridgehead atoms. The minimum atomic E-state index is -0.778. The van der Waals surface area contributed by atoms with E-state index in [1.54, 1.807) is 0 Å². The maximum absolute atomic E-state index is 12.0. The number of carbonyl (C=O) groups excluding carboxylic acids is 1.